The van der Waals surface area contributed by atoms with Gasteiger partial charge in [-0.3, -0.25) is 4.79 Å². The molecule has 4 aromatic rings. The van der Waals surface area contributed by atoms with E-state index in [4.69, 9.17) is 9.97 Å². The zero-order valence-electron chi connectivity index (χ0n) is 20.6. The highest BCUT2D eigenvalue weighted by atomic mass is 32.1. The summed E-state index contributed by atoms with van der Waals surface area (Å²) >= 11 is 1.88. The lowest BCUT2D eigenvalue weighted by molar-refractivity contribution is 0.0748. The molecule has 1 aliphatic carbocycles. The molecule has 1 saturated heterocycles. The zero-order chi connectivity index (χ0) is 23.9. The number of anilines is 1. The van der Waals surface area contributed by atoms with Crippen LogP contribution in [0.15, 0.2) is 42.5 Å². The van der Waals surface area contributed by atoms with Gasteiger partial charge >= 0.3 is 0 Å². The maximum absolute atomic E-state index is 13.5. The van der Waals surface area contributed by atoms with Crippen molar-refractivity contribution in [1.29, 1.82) is 0 Å². The Bertz CT molecular complexity index is 1400. The van der Waals surface area contributed by atoms with Gasteiger partial charge in [0, 0.05) is 43.0 Å². The number of rotatable bonds is 4. The van der Waals surface area contributed by atoms with E-state index < -0.39 is 0 Å². The number of aromatic nitrogens is 2. The first kappa shape index (κ1) is 22.5. The average Bonchev–Trinajstić information content (AvgIpc) is 3.25. The van der Waals surface area contributed by atoms with Crippen molar-refractivity contribution in [2.24, 2.45) is 5.92 Å². The van der Waals surface area contributed by atoms with Gasteiger partial charge in [-0.05, 0) is 54.0 Å². The quantitative estimate of drug-likeness (QED) is 0.363. The standard InChI is InChI=1S/C29H32N4OS/c1-3-7-25-30-27(26-23-13-12-19(2)18-24(23)35-28(26)31-25)32-14-16-33(17-15-32)29(34)22-11-6-9-20-8-4-5-10-21(20)22/h4-6,8-11,19H,3,7,12-18H2,1-2H3/t19-/m0/s1. The van der Waals surface area contributed by atoms with Crippen molar-refractivity contribution in [1.82, 2.24) is 14.9 Å². The highest BCUT2D eigenvalue weighted by Crippen LogP contribution is 2.41. The first-order valence-corrected chi connectivity index (χ1v) is 13.8. The van der Waals surface area contributed by atoms with Crippen molar-refractivity contribution >= 4 is 44.1 Å². The Morgan fingerprint density at radius 2 is 1.86 bits per heavy atom. The van der Waals surface area contributed by atoms with E-state index in [1.165, 1.54) is 22.2 Å². The largest absolute Gasteiger partial charge is 0.352 e. The van der Waals surface area contributed by atoms with Gasteiger partial charge in [0.15, 0.2) is 0 Å². The molecule has 0 bridgehead atoms. The molecule has 1 atom stereocenters. The van der Waals surface area contributed by atoms with Gasteiger partial charge in [-0.1, -0.05) is 50.2 Å². The number of thiophene rings is 1. The van der Waals surface area contributed by atoms with Crippen LogP contribution < -0.4 is 4.90 Å². The summed E-state index contributed by atoms with van der Waals surface area (Å²) in [6.45, 7) is 7.56. The second-order valence-corrected chi connectivity index (χ2v) is 11.1. The lowest BCUT2D eigenvalue weighted by Crippen LogP contribution is -2.49. The number of carbonyl (C=O) groups is 1. The van der Waals surface area contributed by atoms with E-state index in [1.807, 2.05) is 46.6 Å². The van der Waals surface area contributed by atoms with Crippen LogP contribution in [-0.2, 0) is 19.3 Å². The summed E-state index contributed by atoms with van der Waals surface area (Å²) in [5, 5.41) is 3.43. The van der Waals surface area contributed by atoms with E-state index in [2.05, 4.69) is 30.9 Å². The van der Waals surface area contributed by atoms with Crippen molar-refractivity contribution in [3.63, 3.8) is 0 Å². The fourth-order valence-electron chi connectivity index (χ4n) is 5.63. The van der Waals surface area contributed by atoms with Crippen LogP contribution in [0.1, 0.15) is 53.3 Å². The Hall–Kier alpha value is -2.99. The molecule has 0 N–H and O–H groups in total. The van der Waals surface area contributed by atoms with E-state index in [0.717, 1.165) is 77.5 Å². The van der Waals surface area contributed by atoms with E-state index >= 15 is 0 Å². The number of benzene rings is 2. The summed E-state index contributed by atoms with van der Waals surface area (Å²) < 4.78 is 0. The summed E-state index contributed by atoms with van der Waals surface area (Å²) in [5.74, 6) is 2.92. The molecule has 2 aliphatic rings. The number of piperazine rings is 1. The van der Waals surface area contributed by atoms with Crippen LogP contribution in [0.2, 0.25) is 0 Å². The fourth-order valence-corrected chi connectivity index (χ4v) is 7.03. The number of fused-ring (bicyclic) bond motifs is 4. The molecule has 5 nitrogen and oxygen atoms in total. The van der Waals surface area contributed by atoms with Crippen molar-refractivity contribution < 1.29 is 4.79 Å². The van der Waals surface area contributed by atoms with Gasteiger partial charge in [-0.15, -0.1) is 11.3 Å². The van der Waals surface area contributed by atoms with Crippen molar-refractivity contribution in [2.75, 3.05) is 31.1 Å². The first-order chi connectivity index (χ1) is 17.1. The predicted octanol–water partition coefficient (Wildman–Crippen LogP) is 5.88. The Morgan fingerprint density at radius 3 is 2.69 bits per heavy atom. The Labute approximate surface area is 210 Å². The summed E-state index contributed by atoms with van der Waals surface area (Å²) in [5.41, 5.74) is 2.28. The lowest BCUT2D eigenvalue weighted by Gasteiger charge is -2.36. The van der Waals surface area contributed by atoms with Gasteiger partial charge in [0.1, 0.15) is 16.5 Å². The molecule has 6 rings (SSSR count). The third-order valence-corrected chi connectivity index (χ3v) is 8.69. The number of nitrogens with zero attached hydrogens (tertiary/aromatic N) is 4. The second-order valence-electron chi connectivity index (χ2n) is 10.1. The molecule has 1 fully saturated rings. The van der Waals surface area contributed by atoms with Crippen molar-refractivity contribution in [3.05, 3.63) is 64.3 Å². The minimum Gasteiger partial charge on any atom is -0.352 e. The monoisotopic (exact) mass is 484 g/mol. The third-order valence-electron chi connectivity index (χ3n) is 7.54. The Balaban J connectivity index is 1.29. The van der Waals surface area contributed by atoms with Crippen LogP contribution in [0.25, 0.3) is 21.0 Å². The van der Waals surface area contributed by atoms with Gasteiger partial charge in [0.05, 0.1) is 5.39 Å². The molecule has 0 spiro atoms. The van der Waals surface area contributed by atoms with E-state index in [1.54, 1.807) is 0 Å². The summed E-state index contributed by atoms with van der Waals surface area (Å²) in [6.07, 6.45) is 5.47. The van der Waals surface area contributed by atoms with Gasteiger partial charge in [-0.2, -0.15) is 0 Å². The van der Waals surface area contributed by atoms with Crippen LogP contribution in [0, 0.1) is 5.92 Å². The highest BCUT2D eigenvalue weighted by molar-refractivity contribution is 7.19. The van der Waals surface area contributed by atoms with E-state index in [-0.39, 0.29) is 5.91 Å². The number of aryl methyl sites for hydroxylation is 2. The Kier molecular flexibility index (Phi) is 5.93. The van der Waals surface area contributed by atoms with Gasteiger partial charge in [-0.25, -0.2) is 9.97 Å². The second kappa shape index (κ2) is 9.23. The molecule has 35 heavy (non-hydrogen) atoms. The van der Waals surface area contributed by atoms with Crippen LogP contribution in [0.3, 0.4) is 0 Å². The molecular weight excluding hydrogens is 452 g/mol. The normalized spacial score (nSPS) is 18.3. The number of hydrogen-bond acceptors (Lipinski definition) is 5. The van der Waals surface area contributed by atoms with E-state index in [9.17, 15) is 4.79 Å². The summed E-state index contributed by atoms with van der Waals surface area (Å²) in [6, 6.07) is 14.2. The molecule has 0 radical (unpaired) electrons. The molecule has 6 heteroatoms. The van der Waals surface area contributed by atoms with Crippen molar-refractivity contribution in [2.45, 2.75) is 46.0 Å². The molecular formula is C29H32N4OS. The molecule has 1 amide bonds. The molecule has 180 valence electrons. The van der Waals surface area contributed by atoms with Crippen LogP contribution in [0.4, 0.5) is 5.82 Å². The number of carbonyl (C=O) groups excluding carboxylic acids is 1. The minimum absolute atomic E-state index is 0.128. The zero-order valence-corrected chi connectivity index (χ0v) is 21.4. The van der Waals surface area contributed by atoms with Gasteiger partial charge in [0.2, 0.25) is 0 Å². The number of amides is 1. The van der Waals surface area contributed by atoms with Gasteiger partial charge < -0.3 is 9.80 Å². The van der Waals surface area contributed by atoms with Crippen LogP contribution >= 0.6 is 11.3 Å². The smallest absolute Gasteiger partial charge is 0.254 e. The van der Waals surface area contributed by atoms with Crippen molar-refractivity contribution in [3.8, 4) is 0 Å². The predicted molar refractivity (Wildman–Crippen MR) is 145 cm³/mol. The average molecular weight is 485 g/mol. The number of hydrogen-bond donors (Lipinski definition) is 0. The van der Waals surface area contributed by atoms with E-state index in [0.29, 0.717) is 13.1 Å². The fraction of sp³-hybridized carbons (Fsp3) is 0.414. The molecule has 3 heterocycles. The molecule has 0 saturated carbocycles. The van der Waals surface area contributed by atoms with Crippen LogP contribution in [-0.4, -0.2) is 47.0 Å². The topological polar surface area (TPSA) is 49.3 Å². The molecule has 0 unspecified atom stereocenters. The maximum atomic E-state index is 13.5. The SMILES string of the molecule is CCCc1nc(N2CCN(C(=O)c3cccc4ccccc34)CC2)c2c3c(sc2n1)C[C@@H](C)CC3. The summed E-state index contributed by atoms with van der Waals surface area (Å²) in [7, 11) is 0. The molecule has 2 aromatic carbocycles. The van der Waals surface area contributed by atoms with Crippen LogP contribution in [0.5, 0.6) is 0 Å². The minimum atomic E-state index is 0.128. The maximum Gasteiger partial charge on any atom is 0.254 e. The molecule has 2 aromatic heterocycles. The summed E-state index contributed by atoms with van der Waals surface area (Å²) in [4.78, 5) is 30.6. The third kappa shape index (κ3) is 4.08. The first-order valence-electron chi connectivity index (χ1n) is 13.0. The molecule has 1 aliphatic heterocycles. The van der Waals surface area contributed by atoms with Gasteiger partial charge in [0.25, 0.3) is 5.91 Å². The Morgan fingerprint density at radius 1 is 1.06 bits per heavy atom. The lowest BCUT2D eigenvalue weighted by atomic mass is 9.89. The highest BCUT2D eigenvalue weighted by Gasteiger charge is 2.29.